The number of ether oxygens (including phenoxy) is 1. The van der Waals surface area contributed by atoms with Crippen LogP contribution in [0.1, 0.15) is 19.7 Å². The fraction of sp³-hybridized carbons (Fsp3) is 0.462. The highest BCUT2D eigenvalue weighted by atomic mass is 127. The van der Waals surface area contributed by atoms with Gasteiger partial charge in [0.25, 0.3) is 0 Å². The van der Waals surface area contributed by atoms with Crippen LogP contribution in [-0.4, -0.2) is 22.3 Å². The molecule has 2 rings (SSSR count). The number of aromatic nitrogens is 2. The molecule has 0 atom stereocenters. The van der Waals surface area contributed by atoms with Crippen molar-refractivity contribution in [3.8, 4) is 0 Å². The van der Waals surface area contributed by atoms with Crippen LogP contribution in [0.4, 0.5) is 4.39 Å². The van der Waals surface area contributed by atoms with Crippen molar-refractivity contribution in [2.45, 2.75) is 31.9 Å². The highest BCUT2D eigenvalue weighted by Gasteiger charge is 2.21. The van der Waals surface area contributed by atoms with Gasteiger partial charge in [0, 0.05) is 13.2 Å². The zero-order valence-electron chi connectivity index (χ0n) is 11.0. The van der Waals surface area contributed by atoms with E-state index in [-0.39, 0.29) is 17.3 Å². The summed E-state index contributed by atoms with van der Waals surface area (Å²) in [6.45, 7) is 4.52. The summed E-state index contributed by atoms with van der Waals surface area (Å²) >= 11 is 7.89. The molecule has 0 N–H and O–H groups in total. The molecule has 0 spiro atoms. The number of hydrogen-bond acceptors (Lipinski definition) is 2. The van der Waals surface area contributed by atoms with Gasteiger partial charge < -0.3 is 9.30 Å². The summed E-state index contributed by atoms with van der Waals surface area (Å²) in [7, 11) is 1.66. The molecule has 0 saturated heterocycles. The van der Waals surface area contributed by atoms with E-state index in [1.807, 2.05) is 41.0 Å². The number of rotatable bonds is 4. The van der Waals surface area contributed by atoms with Crippen LogP contribution in [0.2, 0.25) is 0 Å². The van der Waals surface area contributed by atoms with E-state index in [1.54, 1.807) is 13.2 Å². The van der Waals surface area contributed by atoms with Gasteiger partial charge in [-0.2, -0.15) is 0 Å². The number of benzene rings is 1. The van der Waals surface area contributed by atoms with Gasteiger partial charge in [-0.1, -0.05) is 0 Å². The lowest BCUT2D eigenvalue weighted by Gasteiger charge is -2.24. The van der Waals surface area contributed by atoms with E-state index < -0.39 is 0 Å². The molecule has 0 saturated carbocycles. The Bertz CT molecular complexity index is 612. The molecular weight excluding hydrogens is 382 g/mol. The Morgan fingerprint density at radius 3 is 2.74 bits per heavy atom. The zero-order chi connectivity index (χ0) is 14.2. The first-order chi connectivity index (χ1) is 8.88. The maximum Gasteiger partial charge on any atom is 0.138 e. The number of halogens is 3. The third-order valence-electron chi connectivity index (χ3n) is 3.08. The molecule has 0 bridgehead atoms. The topological polar surface area (TPSA) is 27.1 Å². The molecule has 6 heteroatoms. The van der Waals surface area contributed by atoms with Gasteiger partial charge in [0.1, 0.15) is 11.6 Å². The summed E-state index contributed by atoms with van der Waals surface area (Å²) in [6.07, 6.45) is 0. The second kappa shape index (κ2) is 5.54. The second-order valence-electron chi connectivity index (χ2n) is 4.97. The summed E-state index contributed by atoms with van der Waals surface area (Å²) in [4.78, 5) is 4.46. The molecule has 104 valence electrons. The molecular formula is C13H15ClFIN2O. The number of imidazole rings is 1. The van der Waals surface area contributed by atoms with Crippen LogP contribution in [0, 0.1) is 9.39 Å². The molecule has 0 aliphatic heterocycles. The van der Waals surface area contributed by atoms with Crippen LogP contribution in [0.15, 0.2) is 12.1 Å². The van der Waals surface area contributed by atoms with Crippen molar-refractivity contribution in [2.75, 3.05) is 7.11 Å². The van der Waals surface area contributed by atoms with Crippen molar-refractivity contribution >= 4 is 45.2 Å². The molecule has 19 heavy (non-hydrogen) atoms. The molecule has 1 aromatic carbocycles. The molecule has 0 aliphatic carbocycles. The summed E-state index contributed by atoms with van der Waals surface area (Å²) in [5.41, 5.74) is 1.14. The Kier molecular flexibility index (Phi) is 4.37. The second-order valence-corrected chi connectivity index (χ2v) is 6.40. The van der Waals surface area contributed by atoms with E-state index in [0.29, 0.717) is 10.1 Å². The third-order valence-corrected chi connectivity index (χ3v) is 4.15. The van der Waals surface area contributed by atoms with E-state index >= 15 is 0 Å². The maximum atomic E-state index is 13.7. The number of hydrogen-bond donors (Lipinski definition) is 0. The summed E-state index contributed by atoms with van der Waals surface area (Å²) in [6, 6.07) is 3.24. The van der Waals surface area contributed by atoms with E-state index in [1.165, 1.54) is 6.07 Å². The number of alkyl halides is 1. The van der Waals surface area contributed by atoms with E-state index in [4.69, 9.17) is 16.3 Å². The van der Waals surface area contributed by atoms with Crippen LogP contribution in [0.5, 0.6) is 0 Å². The van der Waals surface area contributed by atoms with Crippen molar-refractivity contribution in [2.24, 2.45) is 0 Å². The Morgan fingerprint density at radius 1 is 1.47 bits per heavy atom. The normalized spacial score (nSPS) is 12.3. The minimum atomic E-state index is -0.367. The van der Waals surface area contributed by atoms with E-state index in [2.05, 4.69) is 4.98 Å². The van der Waals surface area contributed by atoms with Crippen molar-refractivity contribution in [1.29, 1.82) is 0 Å². The van der Waals surface area contributed by atoms with Crippen molar-refractivity contribution in [3.63, 3.8) is 0 Å². The Labute approximate surface area is 130 Å². The first kappa shape index (κ1) is 15.0. The summed E-state index contributed by atoms with van der Waals surface area (Å²) < 4.78 is 21.6. The van der Waals surface area contributed by atoms with Crippen LogP contribution in [0.25, 0.3) is 11.0 Å². The highest BCUT2D eigenvalue weighted by Crippen LogP contribution is 2.25. The molecule has 0 fully saturated rings. The van der Waals surface area contributed by atoms with Gasteiger partial charge in [-0.3, -0.25) is 0 Å². The van der Waals surface area contributed by atoms with Crippen molar-refractivity contribution in [1.82, 2.24) is 9.55 Å². The summed E-state index contributed by atoms with van der Waals surface area (Å²) in [5.74, 6) is 0.765. The average molecular weight is 397 g/mol. The fourth-order valence-corrected chi connectivity index (χ4v) is 2.55. The van der Waals surface area contributed by atoms with Gasteiger partial charge >= 0.3 is 0 Å². The lowest BCUT2D eigenvalue weighted by Crippen LogP contribution is -2.29. The van der Waals surface area contributed by atoms with Crippen LogP contribution in [-0.2, 0) is 17.2 Å². The standard InChI is InChI=1S/C13H15ClFIN2O/c1-13(2,19-3)7-18-11-4-8(15)9(16)5-10(11)17-12(18)6-14/h4-5H,6-7H2,1-3H3. The van der Waals surface area contributed by atoms with Gasteiger partial charge in [0.2, 0.25) is 0 Å². The SMILES string of the molecule is COC(C)(C)Cn1c(CCl)nc2cc(I)c(F)cc21. The number of fused-ring (bicyclic) bond motifs is 1. The van der Waals surface area contributed by atoms with Gasteiger partial charge in [-0.25, -0.2) is 9.37 Å². The Hall–Kier alpha value is -0.400. The first-order valence-corrected chi connectivity index (χ1v) is 7.44. The first-order valence-electron chi connectivity index (χ1n) is 5.83. The highest BCUT2D eigenvalue weighted by molar-refractivity contribution is 14.1. The largest absolute Gasteiger partial charge is 0.377 e. The Morgan fingerprint density at radius 2 is 2.16 bits per heavy atom. The van der Waals surface area contributed by atoms with Crippen molar-refractivity contribution < 1.29 is 9.13 Å². The minimum absolute atomic E-state index is 0.245. The molecule has 0 aliphatic rings. The van der Waals surface area contributed by atoms with Gasteiger partial charge in [0.05, 0.1) is 32.6 Å². The predicted molar refractivity (Wildman–Crippen MR) is 83.1 cm³/mol. The Balaban J connectivity index is 2.60. The summed E-state index contributed by atoms with van der Waals surface area (Å²) in [5, 5.41) is 0. The lowest BCUT2D eigenvalue weighted by atomic mass is 10.1. The van der Waals surface area contributed by atoms with Gasteiger partial charge in [0.15, 0.2) is 0 Å². The van der Waals surface area contributed by atoms with E-state index in [0.717, 1.165) is 16.9 Å². The molecule has 3 nitrogen and oxygen atoms in total. The van der Waals surface area contributed by atoms with Crippen molar-refractivity contribution in [3.05, 3.63) is 27.3 Å². The van der Waals surface area contributed by atoms with Crippen LogP contribution < -0.4 is 0 Å². The van der Waals surface area contributed by atoms with E-state index in [9.17, 15) is 4.39 Å². The predicted octanol–water partition coefficient (Wildman–Crippen LogP) is 3.94. The minimum Gasteiger partial charge on any atom is -0.377 e. The average Bonchev–Trinajstić information content (AvgIpc) is 2.67. The third kappa shape index (κ3) is 3.03. The molecule has 1 heterocycles. The monoisotopic (exact) mass is 396 g/mol. The quantitative estimate of drug-likeness (QED) is 0.578. The molecule has 2 aromatic rings. The smallest absolute Gasteiger partial charge is 0.138 e. The fourth-order valence-electron chi connectivity index (χ4n) is 1.89. The molecule has 0 radical (unpaired) electrons. The lowest BCUT2D eigenvalue weighted by molar-refractivity contribution is 0.00853. The molecule has 0 amide bonds. The van der Waals surface area contributed by atoms with Gasteiger partial charge in [-0.15, -0.1) is 11.6 Å². The zero-order valence-corrected chi connectivity index (χ0v) is 13.9. The molecule has 1 aromatic heterocycles. The number of methoxy groups -OCH3 is 1. The molecule has 0 unspecified atom stereocenters. The maximum absolute atomic E-state index is 13.7. The van der Waals surface area contributed by atoms with Crippen LogP contribution >= 0.6 is 34.2 Å². The van der Waals surface area contributed by atoms with Crippen LogP contribution in [0.3, 0.4) is 0 Å². The van der Waals surface area contributed by atoms with Gasteiger partial charge in [-0.05, 0) is 42.5 Å². The number of nitrogens with zero attached hydrogens (tertiary/aromatic N) is 2.